The number of para-hydroxylation sites is 2. The Bertz CT molecular complexity index is 1340. The molecule has 3 aromatic heterocycles. The third-order valence-corrected chi connectivity index (χ3v) is 6.00. The number of benzene rings is 2. The minimum atomic E-state index is 0.307. The highest BCUT2D eigenvalue weighted by molar-refractivity contribution is 5.75. The van der Waals surface area contributed by atoms with Gasteiger partial charge in [0.2, 0.25) is 5.89 Å². The Kier molecular flexibility index (Phi) is 4.50. The number of imidazole rings is 1. The van der Waals surface area contributed by atoms with Gasteiger partial charge in [-0.2, -0.15) is 0 Å². The van der Waals surface area contributed by atoms with Gasteiger partial charge >= 0.3 is 0 Å². The van der Waals surface area contributed by atoms with E-state index in [1.807, 2.05) is 42.6 Å². The average molecular weight is 409 g/mol. The molecular weight excluding hydrogens is 386 g/mol. The van der Waals surface area contributed by atoms with Crippen LogP contribution in [0.4, 0.5) is 0 Å². The van der Waals surface area contributed by atoms with Crippen LogP contribution in [0, 0.1) is 0 Å². The number of nitrogens with zero attached hydrogens (tertiary/aromatic N) is 3. The zero-order chi connectivity index (χ0) is 20.6. The molecule has 0 amide bonds. The first kappa shape index (κ1) is 18.3. The third kappa shape index (κ3) is 3.59. The van der Waals surface area contributed by atoms with Crippen LogP contribution in [0.2, 0.25) is 0 Å². The molecule has 0 bridgehead atoms. The zero-order valence-electron chi connectivity index (χ0n) is 17.1. The van der Waals surface area contributed by atoms with Gasteiger partial charge < -0.3 is 14.7 Å². The van der Waals surface area contributed by atoms with E-state index in [-0.39, 0.29) is 0 Å². The van der Waals surface area contributed by atoms with Crippen LogP contribution in [0.5, 0.6) is 0 Å². The van der Waals surface area contributed by atoms with Gasteiger partial charge in [-0.3, -0.25) is 4.98 Å². The lowest BCUT2D eigenvalue weighted by molar-refractivity contribution is 0.448. The second-order valence-corrected chi connectivity index (χ2v) is 8.16. The number of pyridine rings is 1. The number of aromatic nitrogens is 4. The van der Waals surface area contributed by atoms with Gasteiger partial charge in [0.25, 0.3) is 0 Å². The molecule has 5 aromatic rings. The van der Waals surface area contributed by atoms with Crippen LogP contribution in [0.3, 0.4) is 0 Å². The van der Waals surface area contributed by atoms with Gasteiger partial charge in [0, 0.05) is 12.7 Å². The van der Waals surface area contributed by atoms with E-state index in [1.54, 1.807) is 0 Å². The molecule has 1 atom stereocenters. The normalized spacial score (nSPS) is 16.1. The first-order chi connectivity index (χ1) is 15.3. The van der Waals surface area contributed by atoms with Crippen LogP contribution < -0.4 is 5.32 Å². The molecule has 1 aliphatic carbocycles. The summed E-state index contributed by atoms with van der Waals surface area (Å²) < 4.78 is 5.96. The van der Waals surface area contributed by atoms with Gasteiger partial charge in [0.1, 0.15) is 11.3 Å². The lowest BCUT2D eigenvalue weighted by Crippen LogP contribution is -2.25. The summed E-state index contributed by atoms with van der Waals surface area (Å²) in [6.45, 7) is 0.780. The van der Waals surface area contributed by atoms with Crippen LogP contribution in [0.15, 0.2) is 65.2 Å². The Morgan fingerprint density at radius 2 is 2.00 bits per heavy atom. The van der Waals surface area contributed by atoms with Crippen molar-refractivity contribution in [3.63, 3.8) is 0 Å². The molecule has 3 heterocycles. The average Bonchev–Trinajstić information content (AvgIpc) is 3.40. The van der Waals surface area contributed by atoms with Gasteiger partial charge in [0.05, 0.1) is 29.2 Å². The van der Waals surface area contributed by atoms with Crippen LogP contribution in [-0.2, 0) is 19.4 Å². The summed E-state index contributed by atoms with van der Waals surface area (Å²) >= 11 is 0. The number of aromatic amines is 1. The number of hydrogen-bond donors (Lipinski definition) is 2. The second kappa shape index (κ2) is 7.63. The highest BCUT2D eigenvalue weighted by atomic mass is 16.3. The summed E-state index contributed by atoms with van der Waals surface area (Å²) in [7, 11) is 0. The molecule has 2 N–H and O–H groups in total. The first-order valence-electron chi connectivity index (χ1n) is 10.8. The van der Waals surface area contributed by atoms with Crippen molar-refractivity contribution in [3.8, 4) is 0 Å². The summed E-state index contributed by atoms with van der Waals surface area (Å²) in [5.74, 6) is 1.53. The van der Waals surface area contributed by atoms with E-state index < -0.39 is 0 Å². The SMILES string of the molecule is c1cnc2c(c1)CCCC2NCc1ccc2oc(Cc3nc4ccccc4[nH]3)nc2c1. The van der Waals surface area contributed by atoms with E-state index in [0.29, 0.717) is 18.4 Å². The standard InChI is InChI=1S/C25H23N5O/c1-2-8-19-18(7-1)28-23(29-19)14-24-30-21-13-16(10-11-22(21)31-24)15-27-20-9-3-5-17-6-4-12-26-25(17)20/h1-2,4,6-8,10-13,20,27H,3,5,9,14-15H2,(H,28,29). The molecule has 6 rings (SSSR count). The minimum absolute atomic E-state index is 0.307. The van der Waals surface area contributed by atoms with Crippen molar-refractivity contribution < 1.29 is 4.42 Å². The Morgan fingerprint density at radius 1 is 1.03 bits per heavy atom. The number of fused-ring (bicyclic) bond motifs is 3. The Balaban J connectivity index is 1.18. The van der Waals surface area contributed by atoms with E-state index in [2.05, 4.69) is 38.5 Å². The summed E-state index contributed by atoms with van der Waals surface area (Å²) in [5.41, 5.74) is 7.44. The van der Waals surface area contributed by atoms with Crippen LogP contribution >= 0.6 is 0 Å². The van der Waals surface area contributed by atoms with Gasteiger partial charge in [-0.1, -0.05) is 24.3 Å². The van der Waals surface area contributed by atoms with Gasteiger partial charge in [-0.15, -0.1) is 0 Å². The van der Waals surface area contributed by atoms with E-state index in [1.165, 1.54) is 23.2 Å². The Hall–Kier alpha value is -3.51. The van der Waals surface area contributed by atoms with E-state index in [4.69, 9.17) is 9.40 Å². The number of nitrogens with one attached hydrogen (secondary N) is 2. The number of rotatable bonds is 5. The topological polar surface area (TPSA) is 79.6 Å². The quantitative estimate of drug-likeness (QED) is 0.433. The molecule has 31 heavy (non-hydrogen) atoms. The summed E-state index contributed by atoms with van der Waals surface area (Å²) in [6.07, 6.45) is 5.88. The largest absolute Gasteiger partial charge is 0.440 e. The van der Waals surface area contributed by atoms with Crippen molar-refractivity contribution >= 4 is 22.1 Å². The number of H-pyrrole nitrogens is 1. The lowest BCUT2D eigenvalue weighted by Gasteiger charge is -2.25. The molecule has 154 valence electrons. The van der Waals surface area contributed by atoms with Crippen LogP contribution in [0.25, 0.3) is 22.1 Å². The van der Waals surface area contributed by atoms with Crippen molar-refractivity contribution in [1.82, 2.24) is 25.3 Å². The van der Waals surface area contributed by atoms with E-state index in [0.717, 1.165) is 47.3 Å². The smallest absolute Gasteiger partial charge is 0.203 e. The molecule has 0 saturated carbocycles. The van der Waals surface area contributed by atoms with Gasteiger partial charge in [0.15, 0.2) is 5.58 Å². The van der Waals surface area contributed by atoms with Gasteiger partial charge in [-0.05, 0) is 60.7 Å². The Labute approximate surface area is 179 Å². The summed E-state index contributed by atoms with van der Waals surface area (Å²) in [4.78, 5) is 17.3. The predicted molar refractivity (Wildman–Crippen MR) is 120 cm³/mol. The molecule has 0 spiro atoms. The van der Waals surface area contributed by atoms with Crippen molar-refractivity contribution in [1.29, 1.82) is 0 Å². The maximum atomic E-state index is 5.96. The van der Waals surface area contributed by atoms with Gasteiger partial charge in [-0.25, -0.2) is 9.97 Å². The molecule has 6 heteroatoms. The maximum Gasteiger partial charge on any atom is 0.203 e. The maximum absolute atomic E-state index is 5.96. The Morgan fingerprint density at radius 3 is 2.97 bits per heavy atom. The fourth-order valence-electron chi connectivity index (χ4n) is 4.49. The summed E-state index contributed by atoms with van der Waals surface area (Å²) in [5, 5.41) is 3.68. The monoisotopic (exact) mass is 409 g/mol. The molecule has 1 unspecified atom stereocenters. The van der Waals surface area contributed by atoms with E-state index in [9.17, 15) is 0 Å². The lowest BCUT2D eigenvalue weighted by atomic mass is 9.92. The number of hydrogen-bond acceptors (Lipinski definition) is 5. The minimum Gasteiger partial charge on any atom is -0.440 e. The van der Waals surface area contributed by atoms with Crippen LogP contribution in [-0.4, -0.2) is 19.9 Å². The molecule has 2 aromatic carbocycles. The highest BCUT2D eigenvalue weighted by Crippen LogP contribution is 2.28. The van der Waals surface area contributed by atoms with Crippen molar-refractivity contribution in [2.24, 2.45) is 0 Å². The molecule has 1 aliphatic rings. The van der Waals surface area contributed by atoms with Crippen molar-refractivity contribution in [2.45, 2.75) is 38.3 Å². The molecule has 0 saturated heterocycles. The summed E-state index contributed by atoms with van der Waals surface area (Å²) in [6, 6.07) is 18.8. The predicted octanol–water partition coefficient (Wildman–Crippen LogP) is 4.86. The highest BCUT2D eigenvalue weighted by Gasteiger charge is 2.20. The molecular formula is C25H23N5O. The second-order valence-electron chi connectivity index (χ2n) is 8.16. The zero-order valence-corrected chi connectivity index (χ0v) is 17.1. The van der Waals surface area contributed by atoms with Crippen molar-refractivity contribution in [3.05, 3.63) is 89.3 Å². The molecule has 0 fully saturated rings. The molecule has 0 radical (unpaired) electrons. The molecule has 6 nitrogen and oxygen atoms in total. The molecule has 0 aliphatic heterocycles. The van der Waals surface area contributed by atoms with Crippen LogP contribution in [0.1, 0.15) is 47.4 Å². The fraction of sp³-hybridized carbons (Fsp3) is 0.240. The number of aryl methyl sites for hydroxylation is 1. The van der Waals surface area contributed by atoms with E-state index >= 15 is 0 Å². The third-order valence-electron chi connectivity index (χ3n) is 6.00. The van der Waals surface area contributed by atoms with Crippen molar-refractivity contribution in [2.75, 3.05) is 0 Å². The number of oxazole rings is 1. The first-order valence-corrected chi connectivity index (χ1v) is 10.8. The fourth-order valence-corrected chi connectivity index (χ4v) is 4.49.